The van der Waals surface area contributed by atoms with Gasteiger partial charge in [-0.05, 0) is 74.0 Å². The van der Waals surface area contributed by atoms with Crippen molar-refractivity contribution in [2.45, 2.75) is 20.4 Å². The summed E-state index contributed by atoms with van der Waals surface area (Å²) in [4.78, 5) is 12.5. The summed E-state index contributed by atoms with van der Waals surface area (Å²) in [5.74, 6) is 0.593. The van der Waals surface area contributed by atoms with E-state index in [1.165, 1.54) is 20.8 Å². The van der Waals surface area contributed by atoms with E-state index >= 15 is 0 Å². The molecule has 0 aliphatic rings. The van der Waals surface area contributed by atoms with Crippen LogP contribution in [-0.4, -0.2) is 13.0 Å². The Kier molecular flexibility index (Phi) is 5.32. The monoisotopic (exact) mass is 403 g/mol. The maximum absolute atomic E-state index is 12.5. The number of nitrogens with zero attached hydrogens (tertiary/aromatic N) is 1. The van der Waals surface area contributed by atoms with Crippen LogP contribution < -0.4 is 14.6 Å². The van der Waals surface area contributed by atoms with Crippen LogP contribution in [0.5, 0.6) is 5.75 Å². The first-order valence-electron chi connectivity index (χ1n) is 9.58. The van der Waals surface area contributed by atoms with Gasteiger partial charge in [-0.25, -0.2) is 0 Å². The van der Waals surface area contributed by atoms with E-state index < -0.39 is 0 Å². The summed E-state index contributed by atoms with van der Waals surface area (Å²) in [6.07, 6.45) is 0. The van der Waals surface area contributed by atoms with E-state index in [0.29, 0.717) is 5.56 Å². The molecule has 0 atom stereocenters. The predicted molar refractivity (Wildman–Crippen MR) is 119 cm³/mol. The zero-order valence-corrected chi connectivity index (χ0v) is 17.5. The number of benzene rings is 3. The van der Waals surface area contributed by atoms with Gasteiger partial charge in [0.2, 0.25) is 5.52 Å². The smallest absolute Gasteiger partial charge is 0.270 e. The third-order valence-electron chi connectivity index (χ3n) is 4.92. The van der Waals surface area contributed by atoms with Crippen LogP contribution in [0.3, 0.4) is 0 Å². The zero-order valence-electron chi connectivity index (χ0n) is 16.7. The van der Waals surface area contributed by atoms with Crippen LogP contribution >= 0.6 is 11.3 Å². The number of ether oxygens (including phenoxy) is 1. The Morgan fingerprint density at radius 3 is 2.41 bits per heavy atom. The van der Waals surface area contributed by atoms with Crippen LogP contribution in [0.1, 0.15) is 22.8 Å². The maximum Gasteiger partial charge on any atom is 0.270 e. The maximum atomic E-state index is 12.5. The molecule has 1 N–H and O–H groups in total. The van der Waals surface area contributed by atoms with E-state index in [9.17, 15) is 4.79 Å². The highest BCUT2D eigenvalue weighted by molar-refractivity contribution is 7.21. The van der Waals surface area contributed by atoms with E-state index in [-0.39, 0.29) is 5.91 Å². The van der Waals surface area contributed by atoms with Gasteiger partial charge in [0.15, 0.2) is 0 Å². The van der Waals surface area contributed by atoms with E-state index in [2.05, 4.69) is 54.1 Å². The van der Waals surface area contributed by atoms with Crippen LogP contribution in [0, 0.1) is 6.92 Å². The largest absolute Gasteiger partial charge is 0.497 e. The third-order valence-corrected chi connectivity index (χ3v) is 6.11. The lowest BCUT2D eigenvalue weighted by Gasteiger charge is -2.06. The van der Waals surface area contributed by atoms with Gasteiger partial charge < -0.3 is 10.1 Å². The van der Waals surface area contributed by atoms with E-state index in [4.69, 9.17) is 4.74 Å². The summed E-state index contributed by atoms with van der Waals surface area (Å²) < 4.78 is 8.77. The molecule has 0 saturated heterocycles. The Balaban J connectivity index is 1.57. The average Bonchev–Trinajstić information content (AvgIpc) is 3.11. The summed E-state index contributed by atoms with van der Waals surface area (Å²) >= 11 is 1.80. The molecule has 1 amide bonds. The second-order valence-electron chi connectivity index (χ2n) is 6.88. The number of methoxy groups -OCH3 is 1. The Morgan fingerprint density at radius 1 is 1.03 bits per heavy atom. The van der Waals surface area contributed by atoms with Gasteiger partial charge in [-0.3, -0.25) is 4.79 Å². The third kappa shape index (κ3) is 3.87. The standard InChI is InChI=1S/C24H22N2O2S/c1-4-26-21-14-5-16(2)15-22(21)29-24(26)18-6-10-19(11-7-18)25-23(27)17-8-12-20(28-3)13-9-17/h5-15H,4H2,1-3H3/p+1. The van der Waals surface area contributed by atoms with Crippen molar-refractivity contribution in [1.82, 2.24) is 0 Å². The molecule has 1 aromatic heterocycles. The number of rotatable bonds is 5. The second kappa shape index (κ2) is 8.05. The highest BCUT2D eigenvalue weighted by Crippen LogP contribution is 2.30. The van der Waals surface area contributed by atoms with Gasteiger partial charge in [0.05, 0.1) is 12.7 Å². The van der Waals surface area contributed by atoms with Crippen LogP contribution in [0.4, 0.5) is 5.69 Å². The molecule has 1 heterocycles. The molecule has 0 radical (unpaired) electrons. The lowest BCUT2D eigenvalue weighted by Crippen LogP contribution is -2.32. The van der Waals surface area contributed by atoms with Crippen LogP contribution in [0.2, 0.25) is 0 Å². The molecule has 4 aromatic rings. The van der Waals surface area contributed by atoms with Gasteiger partial charge in [-0.1, -0.05) is 17.4 Å². The van der Waals surface area contributed by atoms with Crippen molar-refractivity contribution in [1.29, 1.82) is 0 Å². The van der Waals surface area contributed by atoms with Crippen LogP contribution in [-0.2, 0) is 6.54 Å². The number of aromatic nitrogens is 1. The minimum atomic E-state index is -0.138. The zero-order chi connectivity index (χ0) is 20.4. The Morgan fingerprint density at radius 2 is 1.76 bits per heavy atom. The number of carbonyl (C=O) groups is 1. The van der Waals surface area contributed by atoms with E-state index in [0.717, 1.165) is 23.5 Å². The number of hydrogen-bond acceptors (Lipinski definition) is 3. The molecule has 29 heavy (non-hydrogen) atoms. The molecule has 4 rings (SSSR count). The molecule has 0 aliphatic heterocycles. The number of thiazole rings is 1. The van der Waals surface area contributed by atoms with Gasteiger partial charge in [0.1, 0.15) is 17.0 Å². The lowest BCUT2D eigenvalue weighted by molar-refractivity contribution is -0.653. The molecular formula is C24H23N2O2S+. The number of anilines is 1. The fourth-order valence-electron chi connectivity index (χ4n) is 3.37. The molecule has 5 heteroatoms. The molecule has 0 spiro atoms. The molecule has 146 valence electrons. The average molecular weight is 404 g/mol. The number of hydrogen-bond donors (Lipinski definition) is 1. The number of amides is 1. The molecule has 0 aliphatic carbocycles. The van der Waals surface area contributed by atoms with Crippen molar-refractivity contribution in [3.05, 3.63) is 77.9 Å². The summed E-state index contributed by atoms with van der Waals surface area (Å²) in [6.45, 7) is 5.20. The summed E-state index contributed by atoms with van der Waals surface area (Å²) in [7, 11) is 1.61. The predicted octanol–water partition coefficient (Wildman–Crippen LogP) is 5.45. The second-order valence-corrected chi connectivity index (χ2v) is 7.91. The number of carbonyl (C=O) groups excluding carboxylic acids is 1. The van der Waals surface area contributed by atoms with Gasteiger partial charge in [0, 0.05) is 17.3 Å². The Bertz CT molecular complexity index is 1160. The molecule has 3 aromatic carbocycles. The van der Waals surface area contributed by atoms with Crippen LogP contribution in [0.25, 0.3) is 20.8 Å². The van der Waals surface area contributed by atoms with Crippen molar-refractivity contribution in [2.24, 2.45) is 0 Å². The van der Waals surface area contributed by atoms with Gasteiger partial charge >= 0.3 is 0 Å². The number of aryl methyl sites for hydroxylation is 2. The number of fused-ring (bicyclic) bond motifs is 1. The molecule has 0 bridgehead atoms. The molecular weight excluding hydrogens is 380 g/mol. The molecule has 0 fully saturated rings. The van der Waals surface area contributed by atoms with Gasteiger partial charge in [-0.2, -0.15) is 4.57 Å². The van der Waals surface area contributed by atoms with E-state index in [1.54, 1.807) is 42.7 Å². The SMILES string of the molecule is CC[n+]1c(-c2ccc(NC(=O)c3ccc(OC)cc3)cc2)sc2cc(C)ccc21. The van der Waals surface area contributed by atoms with Crippen molar-refractivity contribution >= 4 is 33.1 Å². The van der Waals surface area contributed by atoms with Crippen molar-refractivity contribution < 1.29 is 14.1 Å². The molecule has 4 nitrogen and oxygen atoms in total. The highest BCUT2D eigenvalue weighted by atomic mass is 32.1. The fourth-order valence-corrected chi connectivity index (χ4v) is 4.69. The topological polar surface area (TPSA) is 42.2 Å². The molecule has 0 unspecified atom stereocenters. The Labute approximate surface area is 174 Å². The summed E-state index contributed by atoms with van der Waals surface area (Å²) in [5.41, 5.74) is 5.04. The fraction of sp³-hybridized carbons (Fsp3) is 0.167. The first-order chi connectivity index (χ1) is 14.1. The van der Waals surface area contributed by atoms with Crippen LogP contribution in [0.15, 0.2) is 66.7 Å². The first-order valence-corrected chi connectivity index (χ1v) is 10.4. The lowest BCUT2D eigenvalue weighted by atomic mass is 10.1. The van der Waals surface area contributed by atoms with Gasteiger partial charge in [0.25, 0.3) is 10.9 Å². The minimum Gasteiger partial charge on any atom is -0.497 e. The summed E-state index contributed by atoms with van der Waals surface area (Å²) in [6, 6.07) is 21.7. The van der Waals surface area contributed by atoms with Gasteiger partial charge in [-0.15, -0.1) is 0 Å². The summed E-state index contributed by atoms with van der Waals surface area (Å²) in [5, 5.41) is 4.18. The van der Waals surface area contributed by atoms with Crippen molar-refractivity contribution in [3.63, 3.8) is 0 Å². The normalized spacial score (nSPS) is 10.9. The number of nitrogens with one attached hydrogen (secondary N) is 1. The first kappa shape index (κ1) is 19.2. The van der Waals surface area contributed by atoms with Crippen molar-refractivity contribution in [3.8, 4) is 16.3 Å². The Hall–Kier alpha value is -3.18. The van der Waals surface area contributed by atoms with Crippen molar-refractivity contribution in [2.75, 3.05) is 12.4 Å². The minimum absolute atomic E-state index is 0.138. The highest BCUT2D eigenvalue weighted by Gasteiger charge is 2.20. The molecule has 0 saturated carbocycles. The quantitative estimate of drug-likeness (QED) is 0.451. The van der Waals surface area contributed by atoms with E-state index in [1.807, 2.05) is 12.1 Å².